The monoisotopic (exact) mass is 211 g/mol. The van der Waals surface area contributed by atoms with Crippen molar-refractivity contribution in [2.45, 2.75) is 26.7 Å². The van der Waals surface area contributed by atoms with Crippen LogP contribution in [0.25, 0.3) is 0 Å². The molecule has 0 atom stereocenters. The van der Waals surface area contributed by atoms with Gasteiger partial charge < -0.3 is 4.90 Å². The van der Waals surface area contributed by atoms with Crippen molar-refractivity contribution in [3.05, 3.63) is 21.9 Å². The van der Waals surface area contributed by atoms with Gasteiger partial charge in [0, 0.05) is 13.6 Å². The predicted molar refractivity (Wildman–Crippen MR) is 60.9 cm³/mol. The Bertz CT molecular complexity index is 306. The summed E-state index contributed by atoms with van der Waals surface area (Å²) in [5.41, 5.74) is 1.17. The third-order valence-electron chi connectivity index (χ3n) is 2.14. The van der Waals surface area contributed by atoms with Crippen LogP contribution in [0.4, 0.5) is 0 Å². The lowest BCUT2D eigenvalue weighted by Gasteiger charge is -2.15. The molecule has 0 saturated heterocycles. The van der Waals surface area contributed by atoms with Crippen LogP contribution >= 0.6 is 11.3 Å². The molecule has 1 aromatic heterocycles. The van der Waals surface area contributed by atoms with Gasteiger partial charge in [0.05, 0.1) is 4.88 Å². The van der Waals surface area contributed by atoms with Gasteiger partial charge >= 0.3 is 0 Å². The maximum Gasteiger partial charge on any atom is 0.263 e. The lowest BCUT2D eigenvalue weighted by molar-refractivity contribution is 0.0798. The molecular weight excluding hydrogens is 194 g/mol. The number of rotatable bonds is 4. The van der Waals surface area contributed by atoms with Crippen LogP contribution < -0.4 is 0 Å². The third-order valence-corrected chi connectivity index (χ3v) is 3.17. The Morgan fingerprint density at radius 3 is 2.79 bits per heavy atom. The van der Waals surface area contributed by atoms with Crippen molar-refractivity contribution < 1.29 is 4.79 Å². The quantitative estimate of drug-likeness (QED) is 0.750. The van der Waals surface area contributed by atoms with Gasteiger partial charge in [-0.15, -0.1) is 11.3 Å². The van der Waals surface area contributed by atoms with Gasteiger partial charge in [-0.3, -0.25) is 4.79 Å². The fraction of sp³-hybridized carbons (Fsp3) is 0.545. The maximum absolute atomic E-state index is 11.8. The Balaban J connectivity index is 2.56. The Morgan fingerprint density at radius 1 is 1.57 bits per heavy atom. The fourth-order valence-electron chi connectivity index (χ4n) is 1.23. The minimum atomic E-state index is 0.150. The minimum Gasteiger partial charge on any atom is -0.341 e. The molecule has 0 aliphatic heterocycles. The standard InChI is InChI=1S/C11H17NOS/c1-4-5-6-12(3)11(13)10-7-9(2)8-14-10/h7-8H,4-6H2,1-3H3. The molecule has 0 aromatic carbocycles. The number of hydrogen-bond acceptors (Lipinski definition) is 2. The Morgan fingerprint density at radius 2 is 2.29 bits per heavy atom. The summed E-state index contributed by atoms with van der Waals surface area (Å²) in [5.74, 6) is 0.150. The van der Waals surface area contributed by atoms with Crippen molar-refractivity contribution in [1.29, 1.82) is 0 Å². The highest BCUT2D eigenvalue weighted by atomic mass is 32.1. The van der Waals surface area contributed by atoms with Crippen LogP contribution in [0.2, 0.25) is 0 Å². The summed E-state index contributed by atoms with van der Waals surface area (Å²) in [6.07, 6.45) is 2.20. The van der Waals surface area contributed by atoms with Crippen molar-refractivity contribution in [3.8, 4) is 0 Å². The van der Waals surface area contributed by atoms with Crippen molar-refractivity contribution in [1.82, 2.24) is 4.90 Å². The first-order chi connectivity index (χ1) is 6.65. The average Bonchev–Trinajstić information content (AvgIpc) is 2.60. The number of unbranched alkanes of at least 4 members (excludes halogenated alkanes) is 1. The predicted octanol–water partition coefficient (Wildman–Crippen LogP) is 2.93. The van der Waals surface area contributed by atoms with Gasteiger partial charge in [0.1, 0.15) is 0 Å². The van der Waals surface area contributed by atoms with E-state index in [0.29, 0.717) is 0 Å². The SMILES string of the molecule is CCCCN(C)C(=O)c1cc(C)cs1. The van der Waals surface area contributed by atoms with Gasteiger partial charge in [-0.2, -0.15) is 0 Å². The number of amides is 1. The smallest absolute Gasteiger partial charge is 0.263 e. The normalized spacial score (nSPS) is 10.2. The van der Waals surface area contributed by atoms with Crippen LogP contribution in [0.5, 0.6) is 0 Å². The van der Waals surface area contributed by atoms with Crippen LogP contribution in [0.1, 0.15) is 35.0 Å². The molecule has 0 saturated carbocycles. The van der Waals surface area contributed by atoms with E-state index in [4.69, 9.17) is 0 Å². The largest absolute Gasteiger partial charge is 0.341 e. The highest BCUT2D eigenvalue weighted by Crippen LogP contribution is 2.15. The van der Waals surface area contributed by atoms with Gasteiger partial charge in [0.25, 0.3) is 5.91 Å². The van der Waals surface area contributed by atoms with Crippen LogP contribution in [0.15, 0.2) is 11.4 Å². The molecule has 0 N–H and O–H groups in total. The van der Waals surface area contributed by atoms with Crippen molar-refractivity contribution >= 4 is 17.2 Å². The summed E-state index contributed by atoms with van der Waals surface area (Å²) in [7, 11) is 1.87. The van der Waals surface area contributed by atoms with Crippen LogP contribution in [0, 0.1) is 6.92 Å². The van der Waals surface area contributed by atoms with Gasteiger partial charge in [0.2, 0.25) is 0 Å². The Labute approximate surface area is 89.5 Å². The number of carbonyl (C=O) groups excluding carboxylic acids is 1. The molecule has 0 bridgehead atoms. The van der Waals surface area contributed by atoms with E-state index in [1.807, 2.05) is 25.4 Å². The van der Waals surface area contributed by atoms with E-state index in [0.717, 1.165) is 24.3 Å². The molecule has 1 amide bonds. The molecule has 3 heteroatoms. The third kappa shape index (κ3) is 2.84. The van der Waals surface area contributed by atoms with Crippen LogP contribution in [-0.4, -0.2) is 24.4 Å². The number of hydrogen-bond donors (Lipinski definition) is 0. The molecule has 14 heavy (non-hydrogen) atoms. The highest BCUT2D eigenvalue weighted by molar-refractivity contribution is 7.12. The molecule has 78 valence electrons. The summed E-state index contributed by atoms with van der Waals surface area (Å²) in [5, 5.41) is 2.01. The maximum atomic E-state index is 11.8. The van der Waals surface area contributed by atoms with Crippen molar-refractivity contribution in [2.24, 2.45) is 0 Å². The zero-order valence-electron chi connectivity index (χ0n) is 9.04. The molecule has 0 aliphatic rings. The van der Waals surface area contributed by atoms with Crippen LogP contribution in [0.3, 0.4) is 0 Å². The molecule has 0 radical (unpaired) electrons. The molecule has 1 rings (SSSR count). The second-order valence-corrected chi connectivity index (χ2v) is 4.48. The number of carbonyl (C=O) groups is 1. The number of thiophene rings is 1. The number of nitrogens with zero attached hydrogens (tertiary/aromatic N) is 1. The Hall–Kier alpha value is -0.830. The van der Waals surface area contributed by atoms with E-state index in [1.165, 1.54) is 16.9 Å². The molecule has 2 nitrogen and oxygen atoms in total. The summed E-state index contributed by atoms with van der Waals surface area (Å²) in [6, 6.07) is 1.95. The van der Waals surface area contributed by atoms with Crippen LogP contribution in [-0.2, 0) is 0 Å². The Kier molecular flexibility index (Phi) is 4.14. The number of aryl methyl sites for hydroxylation is 1. The van der Waals surface area contributed by atoms with E-state index in [9.17, 15) is 4.79 Å². The second kappa shape index (κ2) is 5.15. The second-order valence-electron chi connectivity index (χ2n) is 3.57. The first-order valence-corrected chi connectivity index (χ1v) is 5.83. The zero-order chi connectivity index (χ0) is 10.6. The summed E-state index contributed by atoms with van der Waals surface area (Å²) >= 11 is 1.53. The molecule has 1 heterocycles. The van der Waals surface area contributed by atoms with Gasteiger partial charge in [-0.25, -0.2) is 0 Å². The van der Waals surface area contributed by atoms with E-state index in [2.05, 4.69) is 6.92 Å². The molecule has 0 aliphatic carbocycles. The summed E-state index contributed by atoms with van der Waals surface area (Å²) in [6.45, 7) is 5.00. The molecule has 0 fully saturated rings. The first kappa shape index (κ1) is 11.2. The molecule has 0 unspecified atom stereocenters. The minimum absolute atomic E-state index is 0.150. The van der Waals surface area contributed by atoms with Gasteiger partial charge in [-0.1, -0.05) is 13.3 Å². The fourth-order valence-corrected chi connectivity index (χ4v) is 2.12. The first-order valence-electron chi connectivity index (χ1n) is 4.95. The van der Waals surface area contributed by atoms with Crippen molar-refractivity contribution in [3.63, 3.8) is 0 Å². The van der Waals surface area contributed by atoms with Gasteiger partial charge in [0.15, 0.2) is 0 Å². The van der Waals surface area contributed by atoms with E-state index >= 15 is 0 Å². The summed E-state index contributed by atoms with van der Waals surface area (Å²) in [4.78, 5) is 14.4. The van der Waals surface area contributed by atoms with Crippen molar-refractivity contribution in [2.75, 3.05) is 13.6 Å². The van der Waals surface area contributed by atoms with Gasteiger partial charge in [-0.05, 0) is 30.4 Å². The highest BCUT2D eigenvalue weighted by Gasteiger charge is 2.12. The summed E-state index contributed by atoms with van der Waals surface area (Å²) < 4.78 is 0. The lowest BCUT2D eigenvalue weighted by Crippen LogP contribution is -2.26. The molecule has 0 spiro atoms. The average molecular weight is 211 g/mol. The van der Waals surface area contributed by atoms with E-state index in [1.54, 1.807) is 4.90 Å². The topological polar surface area (TPSA) is 20.3 Å². The zero-order valence-corrected chi connectivity index (χ0v) is 9.86. The van der Waals surface area contributed by atoms with E-state index < -0.39 is 0 Å². The molecular formula is C11H17NOS. The molecule has 1 aromatic rings. The van der Waals surface area contributed by atoms with E-state index in [-0.39, 0.29) is 5.91 Å². The lowest BCUT2D eigenvalue weighted by atomic mass is 10.3.